The van der Waals surface area contributed by atoms with Gasteiger partial charge < -0.3 is 137 Å². The minimum absolute atomic E-state index is 0.0450. The number of unbranched alkanes of at least 4 members (excludes halogenated alkanes) is 1. The fourth-order valence-corrected chi connectivity index (χ4v) is 13.5. The van der Waals surface area contributed by atoms with E-state index in [0.717, 1.165) is 30.7 Å². The van der Waals surface area contributed by atoms with Gasteiger partial charge in [-0.05, 0) is 120 Å². The fourth-order valence-electron chi connectivity index (χ4n) is 13.5. The Morgan fingerprint density at radius 3 is 1.70 bits per heavy atom. The maximum Gasteiger partial charge on any atom is 0.329 e. The number of cyclic esters (lactones) is 1. The van der Waals surface area contributed by atoms with Gasteiger partial charge in [-0.15, -0.1) is 0 Å². The van der Waals surface area contributed by atoms with Crippen molar-refractivity contribution in [2.45, 2.75) is 289 Å². The molecule has 14 amide bonds. The number of esters is 1. The van der Waals surface area contributed by atoms with Gasteiger partial charge in [0.2, 0.25) is 76.8 Å². The van der Waals surface area contributed by atoms with Crippen LogP contribution in [0.25, 0.3) is 0 Å². The second kappa shape index (κ2) is 49.1. The van der Waals surface area contributed by atoms with Crippen LogP contribution in [0.4, 0.5) is 0 Å². The number of likely N-dealkylation sites (N-methyl/N-ethyl adjacent to an activating group) is 1. The van der Waals surface area contributed by atoms with Crippen molar-refractivity contribution >= 4 is 101 Å². The number of rotatable bonds is 40. The van der Waals surface area contributed by atoms with E-state index in [-0.39, 0.29) is 57.4 Å². The molecule has 2 heterocycles. The van der Waals surface area contributed by atoms with Gasteiger partial charge in [-0.1, -0.05) is 76.2 Å². The Morgan fingerprint density at radius 2 is 1.18 bits per heavy atom. The van der Waals surface area contributed by atoms with Crippen LogP contribution in [0.1, 0.15) is 173 Å². The van der Waals surface area contributed by atoms with Crippen molar-refractivity contribution in [3.05, 3.63) is 0 Å². The number of hydrogen-bond acceptors (Lipinski definition) is 27. The number of carboxylic acid groups (broad SMARTS) is 2. The topological polar surface area (TPSA) is 715 Å². The maximum atomic E-state index is 15.7. The summed E-state index contributed by atoms with van der Waals surface area (Å²) in [6.45, 7) is 18.4. The molecule has 24 atom stereocenters. The molecule has 0 radical (unpaired) electrons. The van der Waals surface area contributed by atoms with Crippen LogP contribution in [0.3, 0.4) is 0 Å². The molecule has 43 heteroatoms. The number of amides is 14. The van der Waals surface area contributed by atoms with E-state index in [1.165, 1.54) is 27.7 Å². The number of nitrogens with one attached hydrogen (secondary N) is 9. The normalized spacial score (nSPS) is 24.6. The Labute approximate surface area is 679 Å². The lowest BCUT2D eigenvalue weighted by molar-refractivity contribution is -0.168. The third kappa shape index (κ3) is 31.8. The molecule has 0 aromatic carbocycles. The summed E-state index contributed by atoms with van der Waals surface area (Å²) in [6.07, 6.45) is -21.9. The molecule has 2 rings (SSSR count). The molecule has 0 aromatic heterocycles. The van der Waals surface area contributed by atoms with E-state index >= 15 is 19.2 Å². The van der Waals surface area contributed by atoms with Crippen LogP contribution >= 0.6 is 0 Å². The molecule has 2 fully saturated rings. The molecular weight excluding hydrogens is 1540 g/mol. The predicted octanol–water partition coefficient (Wildman–Crippen LogP) is -7.38. The van der Waals surface area contributed by atoms with Crippen LogP contribution in [0.15, 0.2) is 0 Å². The third-order valence-electron chi connectivity index (χ3n) is 21.0. The van der Waals surface area contributed by atoms with Crippen molar-refractivity contribution in [2.24, 2.45) is 76.0 Å². The molecule has 2 aliphatic rings. The summed E-state index contributed by atoms with van der Waals surface area (Å²) < 4.78 is 11.8. The van der Waals surface area contributed by atoms with Crippen LogP contribution in [0, 0.1) is 47.3 Å². The smallest absolute Gasteiger partial charge is 0.329 e. The molecule has 0 aromatic rings. The van der Waals surface area contributed by atoms with Crippen LogP contribution < -0.4 is 76.5 Å². The Balaban J connectivity index is 3.25. The Kier molecular flexibility index (Phi) is 43.5. The summed E-state index contributed by atoms with van der Waals surface area (Å²) >= 11 is 0. The molecule has 43 nitrogen and oxygen atoms in total. The summed E-state index contributed by atoms with van der Waals surface area (Å²) in [5, 5.41) is 109. The monoisotopic (exact) mass is 1670 g/mol. The average molecular weight is 1670 g/mol. The Hall–Kier alpha value is -9.37. The second-order valence-electron chi connectivity index (χ2n) is 31.6. The zero-order valence-corrected chi connectivity index (χ0v) is 69.0. The number of piperidine rings is 1. The fraction of sp³-hybridized carbons (Fsp3) is 0.770. The summed E-state index contributed by atoms with van der Waals surface area (Å²) in [4.78, 5) is 244. The number of primary amides is 3. The molecule has 0 saturated carbocycles. The lowest BCUT2D eigenvalue weighted by Crippen LogP contribution is -2.66. The van der Waals surface area contributed by atoms with Crippen LogP contribution in [-0.2, 0) is 91.0 Å². The number of aliphatic hydroxyl groups is 6. The first-order chi connectivity index (χ1) is 54.4. The molecule has 2 saturated heterocycles. The minimum atomic E-state index is -2.84. The van der Waals surface area contributed by atoms with Gasteiger partial charge >= 0.3 is 17.9 Å². The standard InChI is InChI=1S/C74H128N16O27/c1-15-116-59(62(79)103)53-69(110)83-43(30-48(95)96)73(114)90-27-19-17-21-45(90)74(115)117-58(35(9)33(6)7)52(70(111)85-50(39(13)91)67(108)81-41(20-16-18-26-75)64(105)82-42(29-32(4)5)72(113)89(14)44(65(106)87-53)23-25-47(93)94)88-66(107)49(36(10)37(11)60(77)101)84-71(112)57(100)55(98)40(22-24-46(76)92)80-68(109)51(56(99)61(78)102)86-63(104)38(12)54(97)34(8)28-31(2)3/h31-45,49-59,61,91,97-100,102H,15-30,75,78H2,1-14H3,(H2,76,92)(H2,77,101)(H2,79,103)(H,80,109)(H,81,108)(H,82,105)(H,83,110)(H,84,112)(H,85,111)(H,86,104)(H,87,106)(H,88,107)(H,93,94)(H,95,96). The first kappa shape index (κ1) is 104. The first-order valence-corrected chi connectivity index (χ1v) is 39.4. The lowest BCUT2D eigenvalue weighted by Gasteiger charge is -2.40. The van der Waals surface area contributed by atoms with Gasteiger partial charge in [0.05, 0.1) is 30.6 Å². The third-order valence-corrected chi connectivity index (χ3v) is 21.0. The van der Waals surface area contributed by atoms with Gasteiger partial charge in [0.25, 0.3) is 5.91 Å². The van der Waals surface area contributed by atoms with Gasteiger partial charge in [-0.25, -0.2) is 4.79 Å². The largest absolute Gasteiger partial charge is 0.481 e. The molecule has 27 N–H and O–H groups in total. The highest BCUT2D eigenvalue weighted by molar-refractivity contribution is 6.01. The number of ether oxygens (including phenoxy) is 2. The number of carbonyl (C=O) groups excluding carboxylic acids is 15. The van der Waals surface area contributed by atoms with Crippen LogP contribution in [-0.4, -0.2) is 293 Å². The van der Waals surface area contributed by atoms with E-state index in [2.05, 4.69) is 47.9 Å². The summed E-state index contributed by atoms with van der Waals surface area (Å²) in [7, 11) is 1.04. The number of nitrogens with zero attached hydrogens (tertiary/aromatic N) is 2. The quantitative estimate of drug-likeness (QED) is 0.0154. The molecule has 117 heavy (non-hydrogen) atoms. The van der Waals surface area contributed by atoms with Crippen molar-refractivity contribution in [1.29, 1.82) is 0 Å². The molecule has 0 spiro atoms. The van der Waals surface area contributed by atoms with Gasteiger partial charge in [-0.3, -0.25) is 76.7 Å². The Bertz CT molecular complexity index is 3420. The zero-order valence-electron chi connectivity index (χ0n) is 69.0. The molecule has 24 unspecified atom stereocenters. The van der Waals surface area contributed by atoms with E-state index in [1.54, 1.807) is 34.6 Å². The number of nitrogens with two attached hydrogens (primary N) is 5. The van der Waals surface area contributed by atoms with Crippen molar-refractivity contribution in [3.63, 3.8) is 0 Å². The van der Waals surface area contributed by atoms with Crippen LogP contribution in [0.2, 0.25) is 0 Å². The predicted molar refractivity (Wildman–Crippen MR) is 413 cm³/mol. The highest BCUT2D eigenvalue weighted by atomic mass is 16.5. The SMILES string of the molecule is CCOC(C(N)=O)C1NC(=O)C(CCC(=O)O)N(C)C(=O)C(CC(C)C)NC(=O)C(CCCCN)NC(=O)C(C(C)O)NC(=O)C(NC(=O)C(NC(=O)C(O)C(O)C(CCC(N)=O)NC(=O)C(NC(=O)C(C)C(O)C(C)CC(C)C)C(O)C(N)O)C(C)C(C)C(N)=O)C(C(C)C(C)C)OC(=O)C2CCCCN2C(=O)C(CC(=O)O)NC1=O. The van der Waals surface area contributed by atoms with E-state index in [9.17, 15) is 103 Å². The van der Waals surface area contributed by atoms with Crippen molar-refractivity contribution in [2.75, 3.05) is 26.7 Å². The summed E-state index contributed by atoms with van der Waals surface area (Å²) in [6, 6.07) is -22.8. The number of carboxylic acids is 2. The Morgan fingerprint density at radius 1 is 0.598 bits per heavy atom. The number of aliphatic hydroxyl groups excluding tert-OH is 6. The summed E-state index contributed by atoms with van der Waals surface area (Å²) in [5.41, 5.74) is 28.3. The minimum Gasteiger partial charge on any atom is -0.481 e. The highest BCUT2D eigenvalue weighted by Crippen LogP contribution is 2.29. The number of hydrogen-bond donors (Lipinski definition) is 22. The molecule has 0 bridgehead atoms. The number of aliphatic carboxylic acids is 2. The van der Waals surface area contributed by atoms with E-state index in [1.807, 2.05) is 13.8 Å². The van der Waals surface area contributed by atoms with E-state index < -0.39 is 303 Å². The summed E-state index contributed by atoms with van der Waals surface area (Å²) in [5.74, 6) is -30.5. The van der Waals surface area contributed by atoms with Gasteiger partial charge in [0.1, 0.15) is 85.0 Å². The second-order valence-corrected chi connectivity index (χ2v) is 31.6. The van der Waals surface area contributed by atoms with Gasteiger partial charge in [0.15, 0.2) is 12.2 Å². The van der Waals surface area contributed by atoms with Crippen molar-refractivity contribution < 1.29 is 132 Å². The maximum absolute atomic E-state index is 15.7. The van der Waals surface area contributed by atoms with E-state index in [4.69, 9.17) is 38.1 Å². The highest BCUT2D eigenvalue weighted by Gasteiger charge is 2.49. The first-order valence-electron chi connectivity index (χ1n) is 39.4. The van der Waals surface area contributed by atoms with Crippen LogP contribution in [0.5, 0.6) is 0 Å². The van der Waals surface area contributed by atoms with E-state index in [0.29, 0.717) is 6.42 Å². The van der Waals surface area contributed by atoms with Crippen molar-refractivity contribution in [1.82, 2.24) is 57.7 Å². The molecule has 666 valence electrons. The number of carbonyl (C=O) groups is 17. The number of fused-ring (bicyclic) bond motifs is 1. The zero-order chi connectivity index (χ0) is 89.6. The molecule has 0 aliphatic carbocycles. The van der Waals surface area contributed by atoms with Crippen molar-refractivity contribution in [3.8, 4) is 0 Å². The molecule has 2 aliphatic heterocycles. The average Bonchev–Trinajstić information content (AvgIpc) is 0.982. The molecular formula is C74H128N16O27. The lowest BCUT2D eigenvalue weighted by atomic mass is 9.85. The van der Waals surface area contributed by atoms with Gasteiger partial charge in [0, 0.05) is 39.0 Å². The van der Waals surface area contributed by atoms with Gasteiger partial charge in [-0.2, -0.15) is 0 Å².